The number of hydrogen-bond donors (Lipinski definition) is 2. The van der Waals surface area contributed by atoms with Gasteiger partial charge in [0, 0.05) is 16.5 Å². The zero-order chi connectivity index (χ0) is 13.2. The smallest absolute Gasteiger partial charge is 0.181 e. The van der Waals surface area contributed by atoms with Crippen molar-refractivity contribution in [3.63, 3.8) is 0 Å². The number of halogens is 1. The Labute approximate surface area is 118 Å². The van der Waals surface area contributed by atoms with Crippen molar-refractivity contribution in [3.8, 4) is 0 Å². The number of aromatic amines is 1. The van der Waals surface area contributed by atoms with Gasteiger partial charge in [-0.2, -0.15) is 0 Å². The molecule has 0 aliphatic rings. The van der Waals surface area contributed by atoms with Crippen molar-refractivity contribution in [1.82, 2.24) is 19.9 Å². The number of rotatable bonds is 3. The van der Waals surface area contributed by atoms with Crippen molar-refractivity contribution in [1.29, 1.82) is 0 Å². The molecular weight excluding hydrogens is 282 g/mol. The summed E-state index contributed by atoms with van der Waals surface area (Å²) in [4.78, 5) is 15.5. The lowest BCUT2D eigenvalue weighted by Gasteiger charge is -2.05. The normalized spacial score (nSPS) is 11.0. The Kier molecular flexibility index (Phi) is 3.27. The second-order valence-corrected chi connectivity index (χ2v) is 5.29. The van der Waals surface area contributed by atoms with Gasteiger partial charge >= 0.3 is 0 Å². The lowest BCUT2D eigenvalue weighted by molar-refractivity contribution is 1.08. The molecule has 0 fully saturated rings. The van der Waals surface area contributed by atoms with Crippen molar-refractivity contribution >= 4 is 40.2 Å². The maximum atomic E-state index is 6.15. The number of aromatic nitrogens is 4. The molecule has 5 nitrogen and oxygen atoms in total. The van der Waals surface area contributed by atoms with E-state index in [1.165, 1.54) is 6.33 Å². The number of nitrogens with two attached hydrogens (primary N) is 1. The Morgan fingerprint density at radius 1 is 1.26 bits per heavy atom. The minimum absolute atomic E-state index is 0.664. The van der Waals surface area contributed by atoms with Crippen molar-refractivity contribution in [3.05, 3.63) is 41.4 Å². The van der Waals surface area contributed by atoms with Crippen LogP contribution in [0.15, 0.2) is 35.9 Å². The van der Waals surface area contributed by atoms with E-state index < -0.39 is 0 Å². The Hall–Kier alpha value is -1.79. The van der Waals surface area contributed by atoms with Gasteiger partial charge in [0.05, 0.1) is 6.33 Å². The summed E-state index contributed by atoms with van der Waals surface area (Å²) in [5.41, 5.74) is 8.87. The average Bonchev–Trinajstić information content (AvgIpc) is 2.86. The highest BCUT2D eigenvalue weighted by Crippen LogP contribution is 2.29. The highest BCUT2D eigenvalue weighted by molar-refractivity contribution is 7.98. The zero-order valence-electron chi connectivity index (χ0n) is 9.80. The fraction of sp³-hybridized carbons (Fsp3) is 0.0833. The first-order valence-corrected chi connectivity index (χ1v) is 6.91. The van der Waals surface area contributed by atoms with Crippen LogP contribution in [0.2, 0.25) is 5.02 Å². The van der Waals surface area contributed by atoms with E-state index in [2.05, 4.69) is 19.9 Å². The van der Waals surface area contributed by atoms with Gasteiger partial charge in [0.1, 0.15) is 16.9 Å². The van der Waals surface area contributed by atoms with Crippen LogP contribution in [0.1, 0.15) is 5.56 Å². The van der Waals surface area contributed by atoms with Crippen molar-refractivity contribution in [2.45, 2.75) is 10.8 Å². The van der Waals surface area contributed by atoms with Crippen LogP contribution < -0.4 is 5.73 Å². The van der Waals surface area contributed by atoms with E-state index in [0.29, 0.717) is 22.1 Å². The van der Waals surface area contributed by atoms with Crippen LogP contribution in [-0.4, -0.2) is 19.9 Å². The Morgan fingerprint density at radius 3 is 3.00 bits per heavy atom. The molecule has 0 spiro atoms. The van der Waals surface area contributed by atoms with E-state index in [9.17, 15) is 0 Å². The molecule has 2 aromatic heterocycles. The topological polar surface area (TPSA) is 80.5 Å². The summed E-state index contributed by atoms with van der Waals surface area (Å²) in [5, 5.41) is 1.53. The van der Waals surface area contributed by atoms with E-state index in [1.54, 1.807) is 24.2 Å². The minimum Gasteiger partial charge on any atom is -0.399 e. The first-order chi connectivity index (χ1) is 9.24. The molecular formula is C12H10ClN5S. The average molecular weight is 292 g/mol. The van der Waals surface area contributed by atoms with E-state index in [-0.39, 0.29) is 0 Å². The summed E-state index contributed by atoms with van der Waals surface area (Å²) in [7, 11) is 0. The quantitative estimate of drug-likeness (QED) is 0.440. The van der Waals surface area contributed by atoms with E-state index >= 15 is 0 Å². The van der Waals surface area contributed by atoms with Crippen LogP contribution in [0.25, 0.3) is 11.2 Å². The molecule has 0 aliphatic carbocycles. The third-order valence-corrected chi connectivity index (χ3v) is 4.02. The van der Waals surface area contributed by atoms with Gasteiger partial charge in [0.15, 0.2) is 5.65 Å². The Balaban J connectivity index is 1.84. The highest BCUT2D eigenvalue weighted by Gasteiger charge is 2.08. The molecule has 3 aromatic rings. The van der Waals surface area contributed by atoms with E-state index in [1.807, 2.05) is 12.1 Å². The van der Waals surface area contributed by atoms with Gasteiger partial charge in [0.2, 0.25) is 0 Å². The lowest BCUT2D eigenvalue weighted by atomic mass is 10.2. The van der Waals surface area contributed by atoms with Crippen molar-refractivity contribution in [2.24, 2.45) is 0 Å². The summed E-state index contributed by atoms with van der Waals surface area (Å²) in [5.74, 6) is 0.713. The number of H-pyrrole nitrogens is 1. The number of nitrogens with zero attached hydrogens (tertiary/aromatic N) is 3. The van der Waals surface area contributed by atoms with Gasteiger partial charge < -0.3 is 10.7 Å². The van der Waals surface area contributed by atoms with Crippen LogP contribution in [0.5, 0.6) is 0 Å². The number of hydrogen-bond acceptors (Lipinski definition) is 5. The van der Waals surface area contributed by atoms with Crippen LogP contribution in [0.3, 0.4) is 0 Å². The van der Waals surface area contributed by atoms with Gasteiger partial charge in [-0.1, -0.05) is 29.4 Å². The molecule has 0 unspecified atom stereocenters. The fourth-order valence-electron chi connectivity index (χ4n) is 1.68. The van der Waals surface area contributed by atoms with Crippen LogP contribution >= 0.6 is 23.4 Å². The number of nitrogen functional groups attached to an aromatic ring is 1. The SMILES string of the molecule is Nc1ccc(CSc2ncnc3nc[nH]c23)c(Cl)c1. The molecule has 0 radical (unpaired) electrons. The molecule has 0 bridgehead atoms. The maximum Gasteiger partial charge on any atom is 0.181 e. The molecule has 1 aromatic carbocycles. The van der Waals surface area contributed by atoms with E-state index in [4.69, 9.17) is 17.3 Å². The minimum atomic E-state index is 0.664. The molecule has 0 saturated heterocycles. The molecule has 3 N–H and O–H groups in total. The molecule has 19 heavy (non-hydrogen) atoms. The summed E-state index contributed by atoms with van der Waals surface area (Å²) in [6, 6.07) is 5.52. The standard InChI is InChI=1S/C12H10ClN5S/c13-9-3-8(14)2-1-7(9)4-19-12-10-11(16-5-15-10)17-6-18-12/h1-3,5-6H,4,14H2,(H,15,16,17,18). The third kappa shape index (κ3) is 2.50. The predicted octanol–water partition coefficient (Wildman–Crippen LogP) is 2.88. The molecule has 7 heteroatoms. The van der Waals surface area contributed by atoms with Gasteiger partial charge in [-0.25, -0.2) is 15.0 Å². The number of benzene rings is 1. The van der Waals surface area contributed by atoms with Crippen LogP contribution in [0, 0.1) is 0 Å². The van der Waals surface area contributed by atoms with E-state index in [0.717, 1.165) is 16.1 Å². The second-order valence-electron chi connectivity index (χ2n) is 3.92. The summed E-state index contributed by atoms with van der Waals surface area (Å²) in [6.07, 6.45) is 3.12. The monoisotopic (exact) mass is 291 g/mol. The second kappa shape index (κ2) is 5.07. The molecule has 0 atom stereocenters. The largest absolute Gasteiger partial charge is 0.399 e. The Morgan fingerprint density at radius 2 is 2.16 bits per heavy atom. The zero-order valence-corrected chi connectivity index (χ0v) is 11.4. The number of imidazole rings is 1. The first kappa shape index (κ1) is 12.3. The van der Waals surface area contributed by atoms with Gasteiger partial charge in [-0.05, 0) is 17.7 Å². The molecule has 0 saturated carbocycles. The Bertz CT molecular complexity index is 727. The maximum absolute atomic E-state index is 6.15. The van der Waals surface area contributed by atoms with Gasteiger partial charge in [-0.3, -0.25) is 0 Å². The summed E-state index contributed by atoms with van der Waals surface area (Å²) in [6.45, 7) is 0. The van der Waals surface area contributed by atoms with Crippen LogP contribution in [0.4, 0.5) is 5.69 Å². The number of fused-ring (bicyclic) bond motifs is 1. The number of anilines is 1. The third-order valence-electron chi connectivity index (χ3n) is 2.63. The van der Waals surface area contributed by atoms with Gasteiger partial charge in [-0.15, -0.1) is 0 Å². The summed E-state index contributed by atoms with van der Waals surface area (Å²) < 4.78 is 0. The van der Waals surface area contributed by atoms with Gasteiger partial charge in [0.25, 0.3) is 0 Å². The molecule has 3 rings (SSSR count). The number of nitrogens with one attached hydrogen (secondary N) is 1. The van der Waals surface area contributed by atoms with Crippen molar-refractivity contribution < 1.29 is 0 Å². The molecule has 0 aliphatic heterocycles. The first-order valence-electron chi connectivity index (χ1n) is 5.55. The molecule has 2 heterocycles. The predicted molar refractivity (Wildman–Crippen MR) is 77.1 cm³/mol. The lowest BCUT2D eigenvalue weighted by Crippen LogP contribution is -1.90. The van der Waals surface area contributed by atoms with Crippen LogP contribution in [-0.2, 0) is 5.75 Å². The fourth-order valence-corrected chi connectivity index (χ4v) is 2.97. The number of thioether (sulfide) groups is 1. The molecule has 0 amide bonds. The molecule has 96 valence electrons. The van der Waals surface area contributed by atoms with Crippen molar-refractivity contribution in [2.75, 3.05) is 5.73 Å². The summed E-state index contributed by atoms with van der Waals surface area (Å²) >= 11 is 7.73. The highest BCUT2D eigenvalue weighted by atomic mass is 35.5.